The molecule has 106 valence electrons. The minimum absolute atomic E-state index is 0.464. The molecule has 1 aliphatic rings. The molecule has 0 unspecified atom stereocenters. The zero-order valence-electron chi connectivity index (χ0n) is 11.7. The first-order valence-electron chi connectivity index (χ1n) is 7.06. The molecular formula is C14H23N3O2. The third-order valence-electron chi connectivity index (χ3n) is 4.33. The number of rotatable bonds is 5. The van der Waals surface area contributed by atoms with E-state index in [4.69, 9.17) is 0 Å². The van der Waals surface area contributed by atoms with Crippen molar-refractivity contribution in [1.29, 1.82) is 0 Å². The Hall–Kier alpha value is -1.52. The van der Waals surface area contributed by atoms with E-state index in [2.05, 4.69) is 17.2 Å². The first-order chi connectivity index (χ1) is 9.07. The Bertz CT molecular complexity index is 434. The summed E-state index contributed by atoms with van der Waals surface area (Å²) in [6, 6.07) is 0. The van der Waals surface area contributed by atoms with Crippen LogP contribution in [-0.2, 0) is 11.3 Å². The fourth-order valence-corrected chi connectivity index (χ4v) is 2.76. The Balaban J connectivity index is 2.04. The third-order valence-corrected chi connectivity index (χ3v) is 4.33. The molecule has 0 amide bonds. The van der Waals surface area contributed by atoms with E-state index in [1.165, 1.54) is 0 Å². The number of hydrogen-bond donors (Lipinski definition) is 2. The summed E-state index contributed by atoms with van der Waals surface area (Å²) in [6.45, 7) is 5.54. The minimum Gasteiger partial charge on any atom is -0.481 e. The predicted molar refractivity (Wildman–Crippen MR) is 74.1 cm³/mol. The second kappa shape index (κ2) is 5.63. The maximum Gasteiger partial charge on any atom is 0.311 e. The normalized spacial score (nSPS) is 27.2. The number of imidazole rings is 1. The van der Waals surface area contributed by atoms with E-state index >= 15 is 0 Å². The number of nitrogens with one attached hydrogen (secondary N) is 1. The van der Waals surface area contributed by atoms with Crippen molar-refractivity contribution in [3.8, 4) is 0 Å². The molecule has 1 heterocycles. The van der Waals surface area contributed by atoms with Gasteiger partial charge in [-0.15, -0.1) is 0 Å². The lowest BCUT2D eigenvalue weighted by atomic mass is 9.71. The summed E-state index contributed by atoms with van der Waals surface area (Å²) >= 11 is 0. The summed E-state index contributed by atoms with van der Waals surface area (Å²) in [5.41, 5.74) is -0.628. The van der Waals surface area contributed by atoms with Crippen LogP contribution in [0.5, 0.6) is 0 Å². The van der Waals surface area contributed by atoms with Crippen LogP contribution in [0, 0.1) is 11.3 Å². The number of carboxylic acids is 1. The summed E-state index contributed by atoms with van der Waals surface area (Å²) in [5.74, 6) is 0.730. The lowest BCUT2D eigenvalue weighted by molar-refractivity contribution is -0.150. The van der Waals surface area contributed by atoms with Crippen LogP contribution in [0.2, 0.25) is 0 Å². The Labute approximate surface area is 114 Å². The lowest BCUT2D eigenvalue weighted by Gasteiger charge is -2.35. The molecule has 1 saturated carbocycles. The smallest absolute Gasteiger partial charge is 0.311 e. The van der Waals surface area contributed by atoms with Crippen molar-refractivity contribution in [2.45, 2.75) is 46.1 Å². The Kier molecular flexibility index (Phi) is 4.12. The van der Waals surface area contributed by atoms with Crippen LogP contribution in [0.15, 0.2) is 12.4 Å². The number of carboxylic acid groups (broad SMARTS) is 1. The first-order valence-corrected chi connectivity index (χ1v) is 7.06. The van der Waals surface area contributed by atoms with Crippen molar-refractivity contribution in [2.24, 2.45) is 11.3 Å². The van der Waals surface area contributed by atoms with Gasteiger partial charge in [0.2, 0.25) is 5.95 Å². The zero-order chi connectivity index (χ0) is 13.9. The average molecular weight is 265 g/mol. The molecule has 19 heavy (non-hydrogen) atoms. The minimum atomic E-state index is -0.679. The molecule has 1 aromatic heterocycles. The van der Waals surface area contributed by atoms with Gasteiger partial charge in [0.05, 0.1) is 5.41 Å². The summed E-state index contributed by atoms with van der Waals surface area (Å²) in [6.07, 6.45) is 7.14. The Morgan fingerprint density at radius 2 is 2.26 bits per heavy atom. The van der Waals surface area contributed by atoms with Gasteiger partial charge in [-0.1, -0.05) is 6.92 Å². The van der Waals surface area contributed by atoms with E-state index in [0.717, 1.165) is 38.2 Å². The topological polar surface area (TPSA) is 67.2 Å². The second-order valence-electron chi connectivity index (χ2n) is 5.66. The van der Waals surface area contributed by atoms with E-state index in [9.17, 15) is 9.90 Å². The monoisotopic (exact) mass is 265 g/mol. The molecular weight excluding hydrogens is 242 g/mol. The number of carbonyl (C=O) groups is 1. The highest BCUT2D eigenvalue weighted by molar-refractivity contribution is 5.75. The van der Waals surface area contributed by atoms with Gasteiger partial charge in [0.25, 0.3) is 0 Å². The molecule has 0 radical (unpaired) electrons. The summed E-state index contributed by atoms with van der Waals surface area (Å²) in [4.78, 5) is 15.9. The molecule has 5 heteroatoms. The van der Waals surface area contributed by atoms with Gasteiger partial charge >= 0.3 is 5.97 Å². The van der Waals surface area contributed by atoms with Crippen LogP contribution in [0.25, 0.3) is 0 Å². The number of hydrogen-bond acceptors (Lipinski definition) is 3. The number of aryl methyl sites for hydroxylation is 1. The Morgan fingerprint density at radius 3 is 2.84 bits per heavy atom. The summed E-state index contributed by atoms with van der Waals surface area (Å²) in [5, 5.41) is 12.8. The van der Waals surface area contributed by atoms with E-state index in [1.807, 2.05) is 17.7 Å². The molecule has 0 aromatic carbocycles. The van der Waals surface area contributed by atoms with E-state index in [0.29, 0.717) is 12.5 Å². The molecule has 0 aliphatic heterocycles. The standard InChI is InChI=1S/C14H23N3O2/c1-3-17-9-8-15-13(17)16-10-14(12(18)19)6-4-11(2)5-7-14/h8-9,11H,3-7,10H2,1-2H3,(H,15,16)(H,18,19). The van der Waals surface area contributed by atoms with Gasteiger partial charge in [-0.2, -0.15) is 0 Å². The van der Waals surface area contributed by atoms with E-state index < -0.39 is 11.4 Å². The van der Waals surface area contributed by atoms with E-state index in [-0.39, 0.29) is 0 Å². The quantitative estimate of drug-likeness (QED) is 0.858. The molecule has 2 N–H and O–H groups in total. The summed E-state index contributed by atoms with van der Waals surface area (Å²) < 4.78 is 1.99. The number of anilines is 1. The second-order valence-corrected chi connectivity index (χ2v) is 5.66. The van der Waals surface area contributed by atoms with Crippen molar-refractivity contribution in [3.05, 3.63) is 12.4 Å². The molecule has 0 atom stereocenters. The van der Waals surface area contributed by atoms with Crippen molar-refractivity contribution >= 4 is 11.9 Å². The van der Waals surface area contributed by atoms with Crippen LogP contribution >= 0.6 is 0 Å². The highest BCUT2D eigenvalue weighted by atomic mass is 16.4. The predicted octanol–water partition coefficient (Wildman–Crippen LogP) is 2.60. The fraction of sp³-hybridized carbons (Fsp3) is 0.714. The molecule has 5 nitrogen and oxygen atoms in total. The van der Waals surface area contributed by atoms with Crippen LogP contribution in [0.1, 0.15) is 39.5 Å². The average Bonchev–Trinajstić information content (AvgIpc) is 2.85. The van der Waals surface area contributed by atoms with Gasteiger partial charge in [-0.05, 0) is 38.5 Å². The van der Waals surface area contributed by atoms with Gasteiger partial charge in [0.1, 0.15) is 0 Å². The third kappa shape index (κ3) is 2.91. The molecule has 1 aromatic rings. The molecule has 1 fully saturated rings. The summed E-state index contributed by atoms with van der Waals surface area (Å²) in [7, 11) is 0. The van der Waals surface area contributed by atoms with Gasteiger partial charge in [0.15, 0.2) is 0 Å². The zero-order valence-corrected chi connectivity index (χ0v) is 11.7. The maximum atomic E-state index is 11.6. The number of aromatic nitrogens is 2. The van der Waals surface area contributed by atoms with Crippen molar-refractivity contribution in [3.63, 3.8) is 0 Å². The van der Waals surface area contributed by atoms with Crippen LogP contribution in [0.3, 0.4) is 0 Å². The SMILES string of the molecule is CCn1ccnc1NCC1(C(=O)O)CCC(C)CC1. The largest absolute Gasteiger partial charge is 0.481 e. The van der Waals surface area contributed by atoms with Crippen molar-refractivity contribution in [2.75, 3.05) is 11.9 Å². The van der Waals surface area contributed by atoms with Gasteiger partial charge < -0.3 is 15.0 Å². The molecule has 0 saturated heterocycles. The van der Waals surface area contributed by atoms with Gasteiger partial charge in [-0.25, -0.2) is 4.98 Å². The van der Waals surface area contributed by atoms with Crippen molar-refractivity contribution < 1.29 is 9.90 Å². The fourth-order valence-electron chi connectivity index (χ4n) is 2.76. The van der Waals surface area contributed by atoms with Crippen LogP contribution in [0.4, 0.5) is 5.95 Å². The van der Waals surface area contributed by atoms with Crippen LogP contribution < -0.4 is 5.32 Å². The number of aliphatic carboxylic acids is 1. The Morgan fingerprint density at radius 1 is 1.58 bits per heavy atom. The van der Waals surface area contributed by atoms with Gasteiger partial charge in [-0.3, -0.25) is 4.79 Å². The highest BCUT2D eigenvalue weighted by Crippen LogP contribution is 2.39. The lowest BCUT2D eigenvalue weighted by Crippen LogP contribution is -2.41. The molecule has 0 bridgehead atoms. The highest BCUT2D eigenvalue weighted by Gasteiger charge is 2.41. The van der Waals surface area contributed by atoms with E-state index in [1.54, 1.807) is 6.20 Å². The maximum absolute atomic E-state index is 11.6. The molecule has 0 spiro atoms. The molecule has 1 aliphatic carbocycles. The molecule has 2 rings (SSSR count). The first kappa shape index (κ1) is 13.9. The van der Waals surface area contributed by atoms with Gasteiger partial charge in [0, 0.05) is 25.5 Å². The van der Waals surface area contributed by atoms with Crippen molar-refractivity contribution in [1.82, 2.24) is 9.55 Å². The number of nitrogens with zero attached hydrogens (tertiary/aromatic N) is 2. The van der Waals surface area contributed by atoms with Crippen LogP contribution in [-0.4, -0.2) is 27.2 Å².